The van der Waals surface area contributed by atoms with Gasteiger partial charge in [-0.1, -0.05) is 33.8 Å². The lowest BCUT2D eigenvalue weighted by Gasteiger charge is -2.48. The lowest BCUT2D eigenvalue weighted by molar-refractivity contribution is -0.136. The van der Waals surface area contributed by atoms with Gasteiger partial charge in [-0.05, 0) is 93.0 Å². The molecule has 6 aliphatic rings. The maximum absolute atomic E-state index is 15.7. The predicted octanol–water partition coefficient (Wildman–Crippen LogP) is 4.93. The van der Waals surface area contributed by atoms with E-state index in [1.807, 2.05) is 24.8 Å². The Hall–Kier alpha value is -6.24. The first-order chi connectivity index (χ1) is 33.3. The molecule has 4 N–H and O–H groups in total. The fourth-order valence-electron chi connectivity index (χ4n) is 10.9. The maximum Gasteiger partial charge on any atom is 0.264 e. The minimum atomic E-state index is -1.06. The van der Waals surface area contributed by atoms with Crippen LogP contribution in [-0.2, 0) is 25.7 Å². The van der Waals surface area contributed by atoms with Crippen LogP contribution in [-0.4, -0.2) is 137 Å². The minimum absolute atomic E-state index is 0.0381. The molecule has 6 amide bonds. The molecular formula is C51H65F2N11O6. The molecule has 0 radical (unpaired) electrons. The molecule has 3 aromatic rings. The highest BCUT2D eigenvalue weighted by atomic mass is 19.1. The summed E-state index contributed by atoms with van der Waals surface area (Å²) in [6.45, 7) is 14.3. The third-order valence-electron chi connectivity index (χ3n) is 15.4. The highest BCUT2D eigenvalue weighted by Gasteiger charge is 2.46. The molecule has 70 heavy (non-hydrogen) atoms. The van der Waals surface area contributed by atoms with Crippen molar-refractivity contribution in [3.05, 3.63) is 71.1 Å². The Kier molecular flexibility index (Phi) is 13.6. The molecule has 17 nitrogen and oxygen atoms in total. The number of halogens is 2. The highest BCUT2D eigenvalue weighted by Crippen LogP contribution is 2.36. The number of hydrogen-bond acceptors (Lipinski definition) is 13. The van der Waals surface area contributed by atoms with Crippen molar-refractivity contribution in [2.24, 2.45) is 16.7 Å². The Bertz CT molecular complexity index is 2550. The minimum Gasteiger partial charge on any atom is -0.384 e. The van der Waals surface area contributed by atoms with Crippen molar-refractivity contribution in [1.29, 1.82) is 0 Å². The fraction of sp³-hybridized carbons (Fsp3) is 0.569. The fourth-order valence-corrected chi connectivity index (χ4v) is 10.9. The van der Waals surface area contributed by atoms with E-state index in [0.29, 0.717) is 88.2 Å². The Morgan fingerprint density at radius 1 is 0.843 bits per heavy atom. The van der Waals surface area contributed by atoms with Crippen LogP contribution in [0.2, 0.25) is 0 Å². The number of benzene rings is 2. The third kappa shape index (κ3) is 10.6. The molecule has 19 heteroatoms. The van der Waals surface area contributed by atoms with Gasteiger partial charge in [-0.3, -0.25) is 43.9 Å². The van der Waals surface area contributed by atoms with Crippen molar-refractivity contribution in [2.75, 3.05) is 85.9 Å². The second kappa shape index (κ2) is 19.5. The number of nitrogens with one attached hydrogen (secondary N) is 4. The predicted molar refractivity (Wildman–Crippen MR) is 259 cm³/mol. The number of likely N-dealkylation sites (tertiary alicyclic amines) is 2. The molecule has 2 aromatic carbocycles. The van der Waals surface area contributed by atoms with Crippen molar-refractivity contribution in [2.45, 2.75) is 104 Å². The van der Waals surface area contributed by atoms with E-state index in [0.717, 1.165) is 49.5 Å². The van der Waals surface area contributed by atoms with E-state index >= 15 is 8.78 Å². The summed E-state index contributed by atoms with van der Waals surface area (Å²) in [5.41, 5.74) is 0.436. The van der Waals surface area contributed by atoms with Gasteiger partial charge in [-0.15, -0.1) is 0 Å². The van der Waals surface area contributed by atoms with Gasteiger partial charge in [0, 0.05) is 88.6 Å². The van der Waals surface area contributed by atoms with E-state index in [1.54, 1.807) is 23.1 Å². The standard InChI is InChI=1S/C51H65F2N11O6/c1-49(2)12-18-60(19-13-49)27-33-22-36(53)39(23-35(33)52)63-28-43(66)59-51(30-63)14-20-61(21-15-51)41-24-40(56-31-57-41)54-26-32-10-16-62(17-11-32)44(67)25-50(3,4)29-55-37-7-5-6-34-45(37)48(70)64(47(34)69)38-8-9-42(65)58-46(38)68/h5-7,22-24,31-32,38,55H,8-21,25-30H2,1-4H3,(H,59,66)(H,54,56,57)(H,58,65,68). The second-order valence-corrected chi connectivity index (χ2v) is 21.8. The molecule has 5 fully saturated rings. The summed E-state index contributed by atoms with van der Waals surface area (Å²) in [6.07, 6.45) is 6.79. The first-order valence-corrected chi connectivity index (χ1v) is 24.8. The Balaban J connectivity index is 0.722. The average molecular weight is 966 g/mol. The summed E-state index contributed by atoms with van der Waals surface area (Å²) in [5, 5.41) is 12.2. The molecule has 1 unspecified atom stereocenters. The lowest BCUT2D eigenvalue weighted by atomic mass is 9.82. The zero-order valence-corrected chi connectivity index (χ0v) is 40.7. The van der Waals surface area contributed by atoms with Crippen LogP contribution < -0.4 is 31.1 Å². The van der Waals surface area contributed by atoms with Crippen LogP contribution in [0, 0.1) is 28.4 Å². The van der Waals surface area contributed by atoms with Gasteiger partial charge in [0.15, 0.2) is 0 Å². The number of piperazine rings is 1. The largest absolute Gasteiger partial charge is 0.384 e. The smallest absolute Gasteiger partial charge is 0.264 e. The maximum atomic E-state index is 15.7. The highest BCUT2D eigenvalue weighted by molar-refractivity contribution is 6.25. The van der Waals surface area contributed by atoms with E-state index in [-0.39, 0.29) is 59.9 Å². The monoisotopic (exact) mass is 966 g/mol. The van der Waals surface area contributed by atoms with Crippen LogP contribution in [0.15, 0.2) is 42.7 Å². The zero-order chi connectivity index (χ0) is 49.5. The van der Waals surface area contributed by atoms with Gasteiger partial charge in [0.2, 0.25) is 23.6 Å². The van der Waals surface area contributed by atoms with Crippen molar-refractivity contribution in [3.8, 4) is 0 Å². The molecule has 0 bridgehead atoms. The molecule has 1 atom stereocenters. The number of aromatic nitrogens is 2. The number of fused-ring (bicyclic) bond motifs is 1. The second-order valence-electron chi connectivity index (χ2n) is 21.8. The Morgan fingerprint density at radius 2 is 1.59 bits per heavy atom. The number of amides is 6. The number of nitrogens with zero attached hydrogens (tertiary/aromatic N) is 7. The molecule has 0 saturated carbocycles. The van der Waals surface area contributed by atoms with E-state index in [2.05, 4.69) is 54.9 Å². The summed E-state index contributed by atoms with van der Waals surface area (Å²) in [5.74, 6) is -1.62. The van der Waals surface area contributed by atoms with E-state index in [9.17, 15) is 28.8 Å². The normalized spacial score (nSPS) is 22.0. The van der Waals surface area contributed by atoms with E-state index in [4.69, 9.17) is 0 Å². The SMILES string of the molecule is CC1(C)CCN(Cc2cc(F)c(N3CC(=O)NC4(CCN(c5cc(NCC6CCN(C(=O)CC(C)(C)CNc7cccc8c7C(=O)N(C7CCC(=O)NC7=O)C8=O)CC6)ncn5)CC4)C3)cc2F)CC1. The number of imide groups is 2. The first-order valence-electron chi connectivity index (χ1n) is 24.8. The van der Waals surface area contributed by atoms with Crippen LogP contribution in [0.5, 0.6) is 0 Å². The van der Waals surface area contributed by atoms with Gasteiger partial charge in [-0.2, -0.15) is 0 Å². The molecule has 7 heterocycles. The number of carbonyl (C=O) groups excluding carboxylic acids is 6. The number of anilines is 4. The van der Waals surface area contributed by atoms with Gasteiger partial charge >= 0.3 is 0 Å². The molecule has 6 aliphatic heterocycles. The average Bonchev–Trinajstić information content (AvgIpc) is 3.58. The van der Waals surface area contributed by atoms with Gasteiger partial charge in [0.05, 0.1) is 28.9 Å². The van der Waals surface area contributed by atoms with Crippen LogP contribution in [0.4, 0.5) is 31.8 Å². The van der Waals surface area contributed by atoms with Crippen molar-refractivity contribution >= 4 is 58.5 Å². The van der Waals surface area contributed by atoms with Crippen LogP contribution in [0.1, 0.15) is 112 Å². The molecule has 5 saturated heterocycles. The third-order valence-corrected chi connectivity index (χ3v) is 15.4. The van der Waals surface area contributed by atoms with Crippen molar-refractivity contribution in [3.63, 3.8) is 0 Å². The summed E-state index contributed by atoms with van der Waals surface area (Å²) in [7, 11) is 0. The van der Waals surface area contributed by atoms with Crippen molar-refractivity contribution in [1.82, 2.24) is 35.3 Å². The Morgan fingerprint density at radius 3 is 2.31 bits per heavy atom. The zero-order valence-electron chi connectivity index (χ0n) is 40.7. The number of piperidine rings is 4. The molecule has 9 rings (SSSR count). The van der Waals surface area contributed by atoms with E-state index in [1.165, 1.54) is 18.5 Å². The van der Waals surface area contributed by atoms with Crippen molar-refractivity contribution < 1.29 is 37.5 Å². The number of carbonyl (C=O) groups is 6. The molecular weight excluding hydrogens is 901 g/mol. The first kappa shape index (κ1) is 48.8. The number of rotatable bonds is 13. The topological polar surface area (TPSA) is 193 Å². The molecule has 374 valence electrons. The number of hydrogen-bond donors (Lipinski definition) is 4. The summed E-state index contributed by atoms with van der Waals surface area (Å²) >= 11 is 0. The van der Waals surface area contributed by atoms with Gasteiger partial charge in [0.25, 0.3) is 11.8 Å². The summed E-state index contributed by atoms with van der Waals surface area (Å²) in [4.78, 5) is 95.7. The molecule has 0 aliphatic carbocycles. The van der Waals surface area contributed by atoms with Gasteiger partial charge in [-0.25, -0.2) is 18.7 Å². The quantitative estimate of drug-likeness (QED) is 0.169. The Labute approximate surface area is 407 Å². The van der Waals surface area contributed by atoms with Crippen LogP contribution in [0.3, 0.4) is 0 Å². The van der Waals surface area contributed by atoms with Crippen LogP contribution in [0.25, 0.3) is 0 Å². The summed E-state index contributed by atoms with van der Waals surface area (Å²) in [6, 6.07) is 8.37. The van der Waals surface area contributed by atoms with Gasteiger partial charge < -0.3 is 30.7 Å². The molecule has 1 aromatic heterocycles. The van der Waals surface area contributed by atoms with E-state index < -0.39 is 52.3 Å². The summed E-state index contributed by atoms with van der Waals surface area (Å²) < 4.78 is 31.2. The van der Waals surface area contributed by atoms with Crippen LogP contribution >= 0.6 is 0 Å². The lowest BCUT2D eigenvalue weighted by Crippen LogP contribution is -2.66. The molecule has 1 spiro atoms. The van der Waals surface area contributed by atoms with Gasteiger partial charge in [0.1, 0.15) is 35.6 Å².